The summed E-state index contributed by atoms with van der Waals surface area (Å²) in [6.45, 7) is 5.08. The minimum absolute atomic E-state index is 0.136. The Bertz CT molecular complexity index is 734. The number of nitrogens with zero attached hydrogens (tertiary/aromatic N) is 5. The minimum Gasteiger partial charge on any atom is -0.481 e. The van der Waals surface area contributed by atoms with Crippen LogP contribution in [0.25, 0.3) is 0 Å². The number of morpholine rings is 1. The van der Waals surface area contributed by atoms with E-state index in [2.05, 4.69) is 25.5 Å². The number of anilines is 1. The van der Waals surface area contributed by atoms with Gasteiger partial charge in [0.25, 0.3) is 0 Å². The monoisotopic (exact) mass is 348 g/mol. The van der Waals surface area contributed by atoms with E-state index in [-0.39, 0.29) is 11.9 Å². The SMILES string of the molecule is COc1cc(NC(=O)N2CCO[C@@H](c3nnc(C(C)C)o3)C2)ncn1. The van der Waals surface area contributed by atoms with Crippen molar-refractivity contribution in [2.24, 2.45) is 0 Å². The van der Waals surface area contributed by atoms with E-state index in [1.54, 1.807) is 11.0 Å². The number of nitrogens with one attached hydrogen (secondary N) is 1. The maximum Gasteiger partial charge on any atom is 0.323 e. The Morgan fingerprint density at radius 1 is 1.40 bits per heavy atom. The zero-order valence-corrected chi connectivity index (χ0v) is 14.3. The molecule has 0 bridgehead atoms. The molecule has 0 spiro atoms. The molecule has 1 atom stereocenters. The number of hydrogen-bond donors (Lipinski definition) is 1. The van der Waals surface area contributed by atoms with Crippen LogP contribution in [0.15, 0.2) is 16.8 Å². The van der Waals surface area contributed by atoms with Crippen molar-refractivity contribution in [1.29, 1.82) is 0 Å². The summed E-state index contributed by atoms with van der Waals surface area (Å²) >= 11 is 0. The Morgan fingerprint density at radius 3 is 2.96 bits per heavy atom. The van der Waals surface area contributed by atoms with Crippen LogP contribution in [-0.2, 0) is 4.74 Å². The normalized spacial score (nSPS) is 17.6. The third-order valence-corrected chi connectivity index (χ3v) is 3.67. The molecule has 3 heterocycles. The second-order valence-electron chi connectivity index (χ2n) is 5.81. The quantitative estimate of drug-likeness (QED) is 0.886. The maximum absolute atomic E-state index is 12.4. The lowest BCUT2D eigenvalue weighted by atomic mass is 10.2. The Balaban J connectivity index is 1.64. The molecule has 134 valence electrons. The predicted octanol–water partition coefficient (Wildman–Crippen LogP) is 1.60. The largest absolute Gasteiger partial charge is 0.481 e. The van der Waals surface area contributed by atoms with E-state index < -0.39 is 6.10 Å². The molecule has 1 N–H and O–H groups in total. The minimum atomic E-state index is -0.445. The average molecular weight is 348 g/mol. The first-order chi connectivity index (χ1) is 12.1. The van der Waals surface area contributed by atoms with Crippen molar-refractivity contribution in [3.8, 4) is 5.88 Å². The summed E-state index contributed by atoms with van der Waals surface area (Å²) in [5.41, 5.74) is 0. The second kappa shape index (κ2) is 7.43. The van der Waals surface area contributed by atoms with Crippen LogP contribution < -0.4 is 10.1 Å². The van der Waals surface area contributed by atoms with Crippen LogP contribution in [-0.4, -0.2) is 57.9 Å². The zero-order valence-electron chi connectivity index (χ0n) is 14.3. The van der Waals surface area contributed by atoms with Crippen LogP contribution in [0.1, 0.15) is 37.7 Å². The van der Waals surface area contributed by atoms with E-state index in [1.165, 1.54) is 13.4 Å². The number of aromatic nitrogens is 4. The van der Waals surface area contributed by atoms with Crippen molar-refractivity contribution in [2.75, 3.05) is 32.1 Å². The summed E-state index contributed by atoms with van der Waals surface area (Å²) < 4.78 is 16.3. The lowest BCUT2D eigenvalue weighted by molar-refractivity contribution is -0.0276. The molecule has 1 aliphatic heterocycles. The molecule has 0 aliphatic carbocycles. The maximum atomic E-state index is 12.4. The molecule has 0 unspecified atom stereocenters. The highest BCUT2D eigenvalue weighted by atomic mass is 16.5. The van der Waals surface area contributed by atoms with E-state index in [0.29, 0.717) is 43.2 Å². The lowest BCUT2D eigenvalue weighted by Gasteiger charge is -2.31. The van der Waals surface area contributed by atoms with Gasteiger partial charge in [-0.3, -0.25) is 5.32 Å². The van der Waals surface area contributed by atoms with Crippen LogP contribution in [0.5, 0.6) is 5.88 Å². The highest BCUT2D eigenvalue weighted by Crippen LogP contribution is 2.23. The van der Waals surface area contributed by atoms with Gasteiger partial charge < -0.3 is 18.8 Å². The number of urea groups is 1. The summed E-state index contributed by atoms with van der Waals surface area (Å²) in [5.74, 6) is 1.80. The molecule has 25 heavy (non-hydrogen) atoms. The summed E-state index contributed by atoms with van der Waals surface area (Å²) in [5, 5.41) is 10.7. The Morgan fingerprint density at radius 2 is 2.24 bits per heavy atom. The molecular weight excluding hydrogens is 328 g/mol. The second-order valence-corrected chi connectivity index (χ2v) is 5.81. The van der Waals surface area contributed by atoms with Gasteiger partial charge in [0.1, 0.15) is 12.1 Å². The Kier molecular flexibility index (Phi) is 5.08. The van der Waals surface area contributed by atoms with Gasteiger partial charge in [-0.15, -0.1) is 10.2 Å². The summed E-state index contributed by atoms with van der Waals surface area (Å²) in [4.78, 5) is 22.0. The van der Waals surface area contributed by atoms with Crippen LogP contribution in [0.3, 0.4) is 0 Å². The summed E-state index contributed by atoms with van der Waals surface area (Å²) in [6.07, 6.45) is 0.877. The van der Waals surface area contributed by atoms with Gasteiger partial charge in [-0.2, -0.15) is 0 Å². The van der Waals surface area contributed by atoms with E-state index in [9.17, 15) is 4.79 Å². The smallest absolute Gasteiger partial charge is 0.323 e. The van der Waals surface area contributed by atoms with Crippen molar-refractivity contribution in [2.45, 2.75) is 25.9 Å². The summed E-state index contributed by atoms with van der Waals surface area (Å²) in [6, 6.07) is 1.25. The lowest BCUT2D eigenvalue weighted by Crippen LogP contribution is -2.44. The molecule has 10 nitrogen and oxygen atoms in total. The molecule has 2 aromatic rings. The van der Waals surface area contributed by atoms with Crippen LogP contribution in [0.2, 0.25) is 0 Å². The van der Waals surface area contributed by atoms with Gasteiger partial charge >= 0.3 is 6.03 Å². The number of ether oxygens (including phenoxy) is 2. The van der Waals surface area contributed by atoms with E-state index in [4.69, 9.17) is 13.9 Å². The number of methoxy groups -OCH3 is 1. The van der Waals surface area contributed by atoms with E-state index in [1.807, 2.05) is 13.8 Å². The molecule has 0 aromatic carbocycles. The van der Waals surface area contributed by atoms with Gasteiger partial charge in [-0.25, -0.2) is 14.8 Å². The fourth-order valence-corrected chi connectivity index (χ4v) is 2.30. The first-order valence-corrected chi connectivity index (χ1v) is 7.93. The number of carbonyl (C=O) groups is 1. The van der Waals surface area contributed by atoms with Crippen molar-refractivity contribution in [1.82, 2.24) is 25.1 Å². The van der Waals surface area contributed by atoms with Gasteiger partial charge in [0, 0.05) is 18.5 Å². The third-order valence-electron chi connectivity index (χ3n) is 3.67. The standard InChI is InChI=1S/C15H20N6O4/c1-9(2)13-19-20-14(25-13)10-7-21(4-5-24-10)15(22)18-11-6-12(23-3)17-8-16-11/h6,8-10H,4-5,7H2,1-3H3,(H,16,17,18,22)/t10-/m1/s1. The van der Waals surface area contributed by atoms with Crippen molar-refractivity contribution < 1.29 is 18.7 Å². The van der Waals surface area contributed by atoms with Gasteiger partial charge in [-0.05, 0) is 0 Å². The van der Waals surface area contributed by atoms with Gasteiger partial charge in [0.2, 0.25) is 17.7 Å². The number of amides is 2. The molecule has 0 saturated carbocycles. The van der Waals surface area contributed by atoms with Crippen molar-refractivity contribution >= 4 is 11.8 Å². The predicted molar refractivity (Wildman–Crippen MR) is 86.3 cm³/mol. The van der Waals surface area contributed by atoms with Crippen LogP contribution in [0, 0.1) is 0 Å². The summed E-state index contributed by atoms with van der Waals surface area (Å²) in [7, 11) is 1.50. The fraction of sp³-hybridized carbons (Fsp3) is 0.533. The van der Waals surface area contributed by atoms with Gasteiger partial charge in [0.05, 0.1) is 20.3 Å². The van der Waals surface area contributed by atoms with E-state index >= 15 is 0 Å². The van der Waals surface area contributed by atoms with Crippen LogP contribution in [0.4, 0.5) is 10.6 Å². The topological polar surface area (TPSA) is 116 Å². The number of rotatable bonds is 4. The molecule has 3 rings (SSSR count). The molecule has 10 heteroatoms. The Hall–Kier alpha value is -2.75. The molecule has 1 aliphatic rings. The highest BCUT2D eigenvalue weighted by Gasteiger charge is 2.29. The van der Waals surface area contributed by atoms with Crippen molar-refractivity contribution in [3.63, 3.8) is 0 Å². The molecule has 1 fully saturated rings. The molecule has 0 radical (unpaired) electrons. The first kappa shape index (κ1) is 17.1. The van der Waals surface area contributed by atoms with Gasteiger partial charge in [0.15, 0.2) is 6.10 Å². The van der Waals surface area contributed by atoms with E-state index in [0.717, 1.165) is 0 Å². The third kappa shape index (κ3) is 4.02. The van der Waals surface area contributed by atoms with Crippen LogP contribution >= 0.6 is 0 Å². The molecule has 2 aromatic heterocycles. The number of carbonyl (C=O) groups excluding carboxylic acids is 1. The van der Waals surface area contributed by atoms with Gasteiger partial charge in [-0.1, -0.05) is 13.8 Å². The Labute approximate surface area is 144 Å². The molecule has 2 amide bonds. The molecule has 1 saturated heterocycles. The first-order valence-electron chi connectivity index (χ1n) is 7.93. The molecular formula is C15H20N6O4. The fourth-order valence-electron chi connectivity index (χ4n) is 2.30. The highest BCUT2D eigenvalue weighted by molar-refractivity contribution is 5.88. The number of hydrogen-bond acceptors (Lipinski definition) is 8. The average Bonchev–Trinajstić information content (AvgIpc) is 3.12. The van der Waals surface area contributed by atoms with Crippen molar-refractivity contribution in [3.05, 3.63) is 24.2 Å². The zero-order chi connectivity index (χ0) is 17.8.